The van der Waals surface area contributed by atoms with Gasteiger partial charge in [-0.3, -0.25) is 4.57 Å². The number of halogens is 1. The van der Waals surface area contributed by atoms with Gasteiger partial charge in [-0.25, -0.2) is 9.78 Å². The summed E-state index contributed by atoms with van der Waals surface area (Å²) < 4.78 is 1.97. The summed E-state index contributed by atoms with van der Waals surface area (Å²) in [5, 5.41) is 11.8. The summed E-state index contributed by atoms with van der Waals surface area (Å²) in [5.74, 6) is 1.57. The summed E-state index contributed by atoms with van der Waals surface area (Å²) in [6, 6.07) is 5.69. The minimum Gasteiger partial charge on any atom is -0.465 e. The van der Waals surface area contributed by atoms with Crippen LogP contribution in [0.2, 0.25) is 5.15 Å². The Morgan fingerprint density at radius 3 is 2.68 bits per heavy atom. The zero-order chi connectivity index (χ0) is 18.1. The van der Waals surface area contributed by atoms with E-state index in [1.165, 1.54) is 0 Å². The van der Waals surface area contributed by atoms with Gasteiger partial charge in [-0.15, -0.1) is 0 Å². The van der Waals surface area contributed by atoms with Gasteiger partial charge in [-0.1, -0.05) is 11.6 Å². The molecule has 2 N–H and O–H groups in total. The number of hydrogen-bond acceptors (Lipinski definition) is 4. The molecule has 0 saturated carbocycles. The highest BCUT2D eigenvalue weighted by Gasteiger charge is 2.29. The fourth-order valence-electron chi connectivity index (χ4n) is 3.36. The molecule has 7 nitrogen and oxygen atoms in total. The van der Waals surface area contributed by atoms with E-state index in [2.05, 4.69) is 15.2 Å². The van der Waals surface area contributed by atoms with E-state index in [9.17, 15) is 4.79 Å². The summed E-state index contributed by atoms with van der Waals surface area (Å²) in [6.07, 6.45) is -0.0862. The summed E-state index contributed by atoms with van der Waals surface area (Å²) in [5.41, 5.74) is 2.09. The monoisotopic (exact) mass is 363 g/mol. The lowest BCUT2D eigenvalue weighted by atomic mass is 10.0. The van der Waals surface area contributed by atoms with Crippen molar-refractivity contribution in [2.45, 2.75) is 33.2 Å². The van der Waals surface area contributed by atoms with Gasteiger partial charge < -0.3 is 15.3 Å². The lowest BCUT2D eigenvalue weighted by Gasteiger charge is -2.21. The number of nitrogens with zero attached hydrogens (tertiary/aromatic N) is 4. The van der Waals surface area contributed by atoms with Crippen LogP contribution in [0.1, 0.15) is 24.7 Å². The van der Waals surface area contributed by atoms with E-state index >= 15 is 0 Å². The van der Waals surface area contributed by atoms with Gasteiger partial charge in [0.1, 0.15) is 11.0 Å². The van der Waals surface area contributed by atoms with E-state index < -0.39 is 6.09 Å². The van der Waals surface area contributed by atoms with Crippen LogP contribution in [0, 0.1) is 19.8 Å². The largest absolute Gasteiger partial charge is 0.465 e. The van der Waals surface area contributed by atoms with Crippen LogP contribution in [-0.2, 0) is 0 Å². The first kappa shape index (κ1) is 17.5. The third-order valence-corrected chi connectivity index (χ3v) is 4.94. The maximum absolute atomic E-state index is 10.8. The van der Waals surface area contributed by atoms with Crippen molar-refractivity contribution < 1.29 is 9.90 Å². The van der Waals surface area contributed by atoms with Gasteiger partial charge in [-0.2, -0.15) is 4.98 Å². The minimum absolute atomic E-state index is 0.104. The van der Waals surface area contributed by atoms with Crippen molar-refractivity contribution >= 4 is 23.5 Å². The maximum Gasteiger partial charge on any atom is 0.404 e. The van der Waals surface area contributed by atoms with Crippen LogP contribution in [0.5, 0.6) is 0 Å². The highest BCUT2D eigenvalue weighted by Crippen LogP contribution is 2.27. The number of carbonyl (C=O) groups is 1. The molecule has 25 heavy (non-hydrogen) atoms. The Morgan fingerprint density at radius 1 is 1.36 bits per heavy atom. The molecular weight excluding hydrogens is 342 g/mol. The number of aryl methyl sites for hydroxylation is 2. The first-order valence-corrected chi connectivity index (χ1v) is 8.67. The maximum atomic E-state index is 10.8. The van der Waals surface area contributed by atoms with E-state index in [-0.39, 0.29) is 12.0 Å². The van der Waals surface area contributed by atoms with Gasteiger partial charge in [0.25, 0.3) is 0 Å². The molecule has 2 atom stereocenters. The van der Waals surface area contributed by atoms with Crippen molar-refractivity contribution in [2.75, 3.05) is 18.0 Å². The second-order valence-electron chi connectivity index (χ2n) is 6.53. The number of anilines is 1. The quantitative estimate of drug-likeness (QED) is 0.816. The molecule has 134 valence electrons. The highest BCUT2D eigenvalue weighted by molar-refractivity contribution is 6.29. The smallest absolute Gasteiger partial charge is 0.404 e. The number of carboxylic acid groups (broad SMARTS) is 1. The van der Waals surface area contributed by atoms with Crippen LogP contribution < -0.4 is 10.2 Å². The minimum atomic E-state index is -0.989. The fourth-order valence-corrected chi connectivity index (χ4v) is 3.53. The molecule has 1 amide bonds. The molecule has 3 rings (SSSR count). The van der Waals surface area contributed by atoms with Crippen LogP contribution in [0.4, 0.5) is 10.6 Å². The van der Waals surface area contributed by atoms with Crippen molar-refractivity contribution in [2.24, 2.45) is 5.92 Å². The Morgan fingerprint density at radius 2 is 2.04 bits per heavy atom. The second kappa shape index (κ2) is 6.92. The highest BCUT2D eigenvalue weighted by atomic mass is 35.5. The van der Waals surface area contributed by atoms with Crippen molar-refractivity contribution in [3.63, 3.8) is 0 Å². The van der Waals surface area contributed by atoms with Gasteiger partial charge in [0.2, 0.25) is 5.95 Å². The van der Waals surface area contributed by atoms with Gasteiger partial charge in [0.05, 0.1) is 0 Å². The number of amides is 1. The predicted molar refractivity (Wildman–Crippen MR) is 96.8 cm³/mol. The normalized spacial score (nSPS) is 18.4. The molecule has 0 bridgehead atoms. The molecule has 0 aliphatic carbocycles. The Balaban J connectivity index is 1.83. The molecule has 1 fully saturated rings. The fraction of sp³-hybridized carbons (Fsp3) is 0.471. The number of rotatable bonds is 4. The van der Waals surface area contributed by atoms with E-state index in [0.717, 1.165) is 36.7 Å². The molecule has 2 aromatic rings. The van der Waals surface area contributed by atoms with Crippen LogP contribution in [0.15, 0.2) is 18.2 Å². The number of aromatic nitrogens is 3. The van der Waals surface area contributed by atoms with E-state index in [1.807, 2.05) is 37.5 Å². The summed E-state index contributed by atoms with van der Waals surface area (Å²) >= 11 is 6.24. The zero-order valence-corrected chi connectivity index (χ0v) is 15.3. The molecule has 1 saturated heterocycles. The lowest BCUT2D eigenvalue weighted by Crippen LogP contribution is -2.38. The summed E-state index contributed by atoms with van der Waals surface area (Å²) in [4.78, 5) is 22.0. The van der Waals surface area contributed by atoms with Gasteiger partial charge in [-0.05, 0) is 45.2 Å². The van der Waals surface area contributed by atoms with Crippen LogP contribution in [0.25, 0.3) is 5.95 Å². The SMILES string of the molecule is Cc1ccc(C)n1-c1nc(Cl)cc(N2CC[C@@H](C(C)NC(=O)O)C2)n1. The Bertz CT molecular complexity index is 772. The van der Waals surface area contributed by atoms with Crippen LogP contribution in [-0.4, -0.2) is 44.9 Å². The molecule has 0 spiro atoms. The van der Waals surface area contributed by atoms with Gasteiger partial charge in [0, 0.05) is 36.6 Å². The zero-order valence-electron chi connectivity index (χ0n) is 14.5. The van der Waals surface area contributed by atoms with Crippen molar-refractivity contribution in [3.05, 3.63) is 34.7 Å². The molecular formula is C17H22ClN5O2. The molecule has 0 radical (unpaired) electrons. The molecule has 1 aliphatic rings. The van der Waals surface area contributed by atoms with Crippen LogP contribution >= 0.6 is 11.6 Å². The Hall–Kier alpha value is -2.28. The first-order chi connectivity index (χ1) is 11.8. The van der Waals surface area contributed by atoms with Crippen molar-refractivity contribution in [3.8, 4) is 5.95 Å². The number of nitrogens with one attached hydrogen (secondary N) is 1. The van der Waals surface area contributed by atoms with Gasteiger partial charge in [0.15, 0.2) is 0 Å². The average molecular weight is 364 g/mol. The molecule has 0 aromatic carbocycles. The summed E-state index contributed by atoms with van der Waals surface area (Å²) in [7, 11) is 0. The molecule has 1 unspecified atom stereocenters. The summed E-state index contributed by atoms with van der Waals surface area (Å²) in [6.45, 7) is 7.45. The van der Waals surface area contributed by atoms with E-state index in [0.29, 0.717) is 11.1 Å². The predicted octanol–water partition coefficient (Wildman–Crippen LogP) is 3.02. The third kappa shape index (κ3) is 3.71. The van der Waals surface area contributed by atoms with Crippen molar-refractivity contribution in [1.29, 1.82) is 0 Å². The average Bonchev–Trinajstić information content (AvgIpc) is 3.13. The molecule has 3 heterocycles. The van der Waals surface area contributed by atoms with E-state index in [4.69, 9.17) is 21.7 Å². The molecule has 1 aliphatic heterocycles. The van der Waals surface area contributed by atoms with Gasteiger partial charge >= 0.3 is 6.09 Å². The Labute approximate surface area is 151 Å². The van der Waals surface area contributed by atoms with Crippen LogP contribution in [0.3, 0.4) is 0 Å². The molecule has 2 aromatic heterocycles. The topological polar surface area (TPSA) is 83.3 Å². The molecule has 8 heteroatoms. The standard InChI is InChI=1S/C17H22ClN5O2/c1-10-4-5-11(2)23(10)16-20-14(18)8-15(21-16)22-7-6-13(9-22)12(3)19-17(24)25/h4-5,8,12-13,19H,6-7,9H2,1-3H3,(H,24,25)/t12?,13-/m1/s1. The Kier molecular flexibility index (Phi) is 4.85. The number of hydrogen-bond donors (Lipinski definition) is 2. The van der Waals surface area contributed by atoms with Crippen molar-refractivity contribution in [1.82, 2.24) is 19.9 Å². The second-order valence-corrected chi connectivity index (χ2v) is 6.92. The third-order valence-electron chi connectivity index (χ3n) is 4.75. The first-order valence-electron chi connectivity index (χ1n) is 8.29. The van der Waals surface area contributed by atoms with E-state index in [1.54, 1.807) is 6.07 Å². The lowest BCUT2D eigenvalue weighted by molar-refractivity contribution is 0.186.